The van der Waals surface area contributed by atoms with Gasteiger partial charge in [-0.2, -0.15) is 0 Å². The van der Waals surface area contributed by atoms with Crippen LogP contribution in [0.15, 0.2) is 54.6 Å². The summed E-state index contributed by atoms with van der Waals surface area (Å²) in [6.07, 6.45) is 0.932. The molecule has 5 heteroatoms. The van der Waals surface area contributed by atoms with Gasteiger partial charge in [0.25, 0.3) is 5.91 Å². The normalized spacial score (nSPS) is 10.0. The first-order valence-corrected chi connectivity index (χ1v) is 8.56. The van der Waals surface area contributed by atoms with Crippen LogP contribution in [0.1, 0.15) is 29.3 Å². The molecule has 0 saturated carbocycles. The zero-order chi connectivity index (χ0) is 17.2. The lowest BCUT2D eigenvalue weighted by Gasteiger charge is -2.23. The molecule has 0 spiro atoms. The number of halogens is 1. The highest BCUT2D eigenvalue weighted by atomic mass is 35.5. The summed E-state index contributed by atoms with van der Waals surface area (Å²) in [5, 5.41) is 6.01. The van der Waals surface area contributed by atoms with Crippen molar-refractivity contribution < 1.29 is 4.79 Å². The van der Waals surface area contributed by atoms with Gasteiger partial charge in [-0.05, 0) is 56.8 Å². The van der Waals surface area contributed by atoms with Gasteiger partial charge in [0.1, 0.15) is 0 Å². The molecule has 25 heavy (non-hydrogen) atoms. The molecule has 0 aliphatic rings. The lowest BCUT2D eigenvalue weighted by atomic mass is 10.1. The summed E-state index contributed by atoms with van der Waals surface area (Å²) in [4.78, 5) is 14.4. The van der Waals surface area contributed by atoms with Gasteiger partial charge in [0.05, 0.1) is 0 Å². The van der Waals surface area contributed by atoms with E-state index >= 15 is 0 Å². The second kappa shape index (κ2) is 11.5. The van der Waals surface area contributed by atoms with E-state index < -0.39 is 0 Å². The second-order valence-electron chi connectivity index (χ2n) is 5.76. The van der Waals surface area contributed by atoms with Crippen LogP contribution in [0.5, 0.6) is 0 Å². The Labute approximate surface area is 157 Å². The molecule has 2 aromatic carbocycles. The summed E-state index contributed by atoms with van der Waals surface area (Å²) >= 11 is 0. The van der Waals surface area contributed by atoms with Crippen molar-refractivity contribution in [1.29, 1.82) is 0 Å². The van der Waals surface area contributed by atoms with E-state index in [4.69, 9.17) is 0 Å². The zero-order valence-corrected chi connectivity index (χ0v) is 15.8. The summed E-state index contributed by atoms with van der Waals surface area (Å²) in [5.41, 5.74) is 3.12. The number of carbonyl (C=O) groups is 1. The Balaban J connectivity index is 0.00000312. The van der Waals surface area contributed by atoms with E-state index in [2.05, 4.69) is 46.7 Å². The van der Waals surface area contributed by atoms with Gasteiger partial charge in [-0.3, -0.25) is 4.79 Å². The molecular formula is C20H28ClN3O. The fourth-order valence-corrected chi connectivity index (χ4v) is 2.58. The van der Waals surface area contributed by atoms with Crippen LogP contribution in [0.2, 0.25) is 0 Å². The van der Waals surface area contributed by atoms with Crippen molar-refractivity contribution in [3.8, 4) is 0 Å². The maximum Gasteiger partial charge on any atom is 0.251 e. The third kappa shape index (κ3) is 6.77. The minimum Gasteiger partial charge on any atom is -0.367 e. The van der Waals surface area contributed by atoms with Gasteiger partial charge in [0.15, 0.2) is 0 Å². The summed E-state index contributed by atoms with van der Waals surface area (Å²) in [7, 11) is 1.91. The Morgan fingerprint density at radius 3 is 2.28 bits per heavy atom. The average molecular weight is 362 g/mol. The number of anilines is 1. The van der Waals surface area contributed by atoms with Gasteiger partial charge in [0.2, 0.25) is 0 Å². The van der Waals surface area contributed by atoms with Crippen LogP contribution in [-0.2, 0) is 6.54 Å². The molecule has 0 radical (unpaired) electrons. The van der Waals surface area contributed by atoms with Crippen molar-refractivity contribution in [1.82, 2.24) is 10.6 Å². The van der Waals surface area contributed by atoms with E-state index in [1.165, 1.54) is 5.56 Å². The molecule has 0 bridgehead atoms. The van der Waals surface area contributed by atoms with Crippen molar-refractivity contribution in [3.05, 3.63) is 65.7 Å². The fraction of sp³-hybridized carbons (Fsp3) is 0.350. The molecule has 2 N–H and O–H groups in total. The first-order valence-electron chi connectivity index (χ1n) is 8.56. The Morgan fingerprint density at radius 2 is 1.68 bits per heavy atom. The number of hydrogen-bond acceptors (Lipinski definition) is 3. The zero-order valence-electron chi connectivity index (χ0n) is 15.0. The van der Waals surface area contributed by atoms with E-state index in [0.29, 0.717) is 12.1 Å². The predicted octanol–water partition coefficient (Wildman–Crippen LogP) is 3.47. The predicted molar refractivity (Wildman–Crippen MR) is 108 cm³/mol. The molecular weight excluding hydrogens is 334 g/mol. The van der Waals surface area contributed by atoms with Gasteiger partial charge >= 0.3 is 0 Å². The van der Waals surface area contributed by atoms with Gasteiger partial charge in [-0.25, -0.2) is 0 Å². The monoisotopic (exact) mass is 361 g/mol. The summed E-state index contributed by atoms with van der Waals surface area (Å²) in [5.74, 6) is -0.0104. The topological polar surface area (TPSA) is 44.4 Å². The smallest absolute Gasteiger partial charge is 0.251 e. The van der Waals surface area contributed by atoms with Gasteiger partial charge in [0, 0.05) is 30.9 Å². The third-order valence-corrected chi connectivity index (χ3v) is 3.98. The molecule has 0 atom stereocenters. The van der Waals surface area contributed by atoms with Crippen LogP contribution in [0, 0.1) is 0 Å². The standard InChI is InChI=1S/C20H27N3O.ClH/c1-3-23(16-17-8-5-4-6-9-17)19-12-10-18(11-13-19)20(24)22-15-7-14-21-2;/h4-6,8-13,21H,3,7,14-16H2,1-2H3,(H,22,24);1H. The van der Waals surface area contributed by atoms with Crippen LogP contribution < -0.4 is 15.5 Å². The molecule has 2 aromatic rings. The number of amides is 1. The van der Waals surface area contributed by atoms with Gasteiger partial charge in [-0.1, -0.05) is 30.3 Å². The number of rotatable bonds is 9. The third-order valence-electron chi connectivity index (χ3n) is 3.98. The van der Waals surface area contributed by atoms with Crippen molar-refractivity contribution >= 4 is 24.0 Å². The van der Waals surface area contributed by atoms with Crippen LogP contribution in [0.25, 0.3) is 0 Å². The van der Waals surface area contributed by atoms with Crippen LogP contribution >= 0.6 is 12.4 Å². The van der Waals surface area contributed by atoms with Crippen molar-refractivity contribution in [2.75, 3.05) is 31.6 Å². The largest absolute Gasteiger partial charge is 0.367 e. The van der Waals surface area contributed by atoms with Gasteiger partial charge in [-0.15, -0.1) is 12.4 Å². The molecule has 0 aliphatic heterocycles. The Bertz CT molecular complexity index is 617. The molecule has 0 aliphatic carbocycles. The summed E-state index contributed by atoms with van der Waals surface area (Å²) < 4.78 is 0. The Kier molecular flexibility index (Phi) is 9.66. The molecule has 0 unspecified atom stereocenters. The molecule has 4 nitrogen and oxygen atoms in total. The van der Waals surface area contributed by atoms with Gasteiger partial charge < -0.3 is 15.5 Å². The fourth-order valence-electron chi connectivity index (χ4n) is 2.58. The quantitative estimate of drug-likeness (QED) is 0.672. The Morgan fingerprint density at radius 1 is 1.00 bits per heavy atom. The number of nitrogens with zero attached hydrogens (tertiary/aromatic N) is 1. The van der Waals surface area contributed by atoms with E-state index in [0.717, 1.165) is 31.7 Å². The SMILES string of the molecule is CCN(Cc1ccccc1)c1ccc(C(=O)NCCCNC)cc1.Cl. The van der Waals surface area contributed by atoms with Crippen molar-refractivity contribution in [2.24, 2.45) is 0 Å². The molecule has 1 amide bonds. The van der Waals surface area contributed by atoms with E-state index in [1.54, 1.807) is 0 Å². The summed E-state index contributed by atoms with van der Waals surface area (Å²) in [6.45, 7) is 5.53. The lowest BCUT2D eigenvalue weighted by molar-refractivity contribution is 0.0953. The maximum absolute atomic E-state index is 12.1. The molecule has 0 heterocycles. The highest BCUT2D eigenvalue weighted by molar-refractivity contribution is 5.94. The van der Waals surface area contributed by atoms with E-state index in [9.17, 15) is 4.79 Å². The number of nitrogens with one attached hydrogen (secondary N) is 2. The molecule has 0 aromatic heterocycles. The summed E-state index contributed by atoms with van der Waals surface area (Å²) in [6, 6.07) is 18.3. The average Bonchev–Trinajstić information content (AvgIpc) is 2.64. The second-order valence-corrected chi connectivity index (χ2v) is 5.76. The lowest BCUT2D eigenvalue weighted by Crippen LogP contribution is -2.26. The van der Waals surface area contributed by atoms with Crippen LogP contribution in [-0.4, -0.2) is 32.6 Å². The van der Waals surface area contributed by atoms with E-state index in [-0.39, 0.29) is 18.3 Å². The molecule has 136 valence electrons. The molecule has 2 rings (SSSR count). The van der Waals surface area contributed by atoms with Crippen molar-refractivity contribution in [2.45, 2.75) is 19.9 Å². The highest BCUT2D eigenvalue weighted by Crippen LogP contribution is 2.18. The molecule has 0 fully saturated rings. The maximum atomic E-state index is 12.1. The highest BCUT2D eigenvalue weighted by Gasteiger charge is 2.08. The first-order chi connectivity index (χ1) is 11.7. The van der Waals surface area contributed by atoms with E-state index in [1.807, 2.05) is 37.4 Å². The Hall–Kier alpha value is -2.04. The minimum absolute atomic E-state index is 0. The van der Waals surface area contributed by atoms with Crippen LogP contribution in [0.4, 0.5) is 5.69 Å². The first kappa shape index (κ1) is 21.0. The number of carbonyl (C=O) groups excluding carboxylic acids is 1. The number of benzene rings is 2. The van der Waals surface area contributed by atoms with Crippen LogP contribution in [0.3, 0.4) is 0 Å². The number of hydrogen-bond donors (Lipinski definition) is 2. The van der Waals surface area contributed by atoms with Crippen molar-refractivity contribution in [3.63, 3.8) is 0 Å². The molecule has 0 saturated heterocycles. The minimum atomic E-state index is -0.0104.